The first-order valence-electron chi connectivity index (χ1n) is 6.87. The molecule has 0 aromatic heterocycles. The molecule has 1 aromatic carbocycles. The predicted octanol–water partition coefficient (Wildman–Crippen LogP) is 2.53. The molecule has 2 atom stereocenters. The summed E-state index contributed by atoms with van der Waals surface area (Å²) in [7, 11) is -1.73. The molecule has 2 unspecified atom stereocenters. The fourth-order valence-corrected chi connectivity index (χ4v) is 4.50. The fraction of sp³-hybridized carbons (Fsp3) is 0.571. The minimum absolute atomic E-state index is 0.0269. The molecular formula is C14H21ClN2O2S. The lowest BCUT2D eigenvalue weighted by molar-refractivity contribution is 0.538. The zero-order valence-electron chi connectivity index (χ0n) is 11.8. The highest BCUT2D eigenvalue weighted by Crippen LogP contribution is 2.28. The largest absolute Gasteiger partial charge is 0.316 e. The molecular weight excluding hydrogens is 296 g/mol. The Morgan fingerprint density at radius 1 is 1.35 bits per heavy atom. The van der Waals surface area contributed by atoms with E-state index in [0.717, 1.165) is 24.8 Å². The molecule has 1 fully saturated rings. The number of sulfonamides is 1. The van der Waals surface area contributed by atoms with Gasteiger partial charge in [-0.1, -0.05) is 24.6 Å². The average Bonchev–Trinajstić information content (AvgIpc) is 2.76. The van der Waals surface area contributed by atoms with Gasteiger partial charge in [-0.15, -0.1) is 0 Å². The average molecular weight is 317 g/mol. The van der Waals surface area contributed by atoms with Crippen molar-refractivity contribution in [1.82, 2.24) is 10.0 Å². The molecule has 2 N–H and O–H groups in total. The normalized spacial score (nSPS) is 23.1. The number of benzene rings is 1. The van der Waals surface area contributed by atoms with Crippen molar-refractivity contribution in [3.8, 4) is 0 Å². The second-order valence-electron chi connectivity index (χ2n) is 5.53. The Hall–Kier alpha value is -0.620. The lowest BCUT2D eigenvalue weighted by Crippen LogP contribution is -2.33. The smallest absolute Gasteiger partial charge is 0.242 e. The Kier molecular flexibility index (Phi) is 5.07. The number of rotatable bonds is 5. The zero-order chi connectivity index (χ0) is 14.8. The van der Waals surface area contributed by atoms with E-state index in [-0.39, 0.29) is 16.0 Å². The SMILES string of the molecule is CNCc1ccc(Cl)c(S(=O)(=O)NC2CCC(C)C2)c1. The first kappa shape index (κ1) is 15.8. The molecule has 2 rings (SSSR count). The predicted molar refractivity (Wildman–Crippen MR) is 81.3 cm³/mol. The maximum atomic E-state index is 12.5. The first-order chi connectivity index (χ1) is 9.42. The van der Waals surface area contributed by atoms with Gasteiger partial charge >= 0.3 is 0 Å². The van der Waals surface area contributed by atoms with E-state index in [2.05, 4.69) is 17.0 Å². The monoisotopic (exact) mass is 316 g/mol. The van der Waals surface area contributed by atoms with Gasteiger partial charge in [-0.2, -0.15) is 0 Å². The summed E-state index contributed by atoms with van der Waals surface area (Å²) in [5, 5.41) is 3.27. The molecule has 0 radical (unpaired) electrons. The zero-order valence-corrected chi connectivity index (χ0v) is 13.4. The Morgan fingerprint density at radius 2 is 2.10 bits per heavy atom. The van der Waals surface area contributed by atoms with Crippen LogP contribution in [0.5, 0.6) is 0 Å². The van der Waals surface area contributed by atoms with Crippen molar-refractivity contribution in [2.45, 2.75) is 43.7 Å². The maximum absolute atomic E-state index is 12.5. The third kappa shape index (κ3) is 3.73. The van der Waals surface area contributed by atoms with E-state index < -0.39 is 10.0 Å². The highest BCUT2D eigenvalue weighted by atomic mass is 35.5. The van der Waals surface area contributed by atoms with Gasteiger partial charge in [0.05, 0.1) is 5.02 Å². The van der Waals surface area contributed by atoms with Crippen LogP contribution in [-0.4, -0.2) is 21.5 Å². The van der Waals surface area contributed by atoms with Crippen LogP contribution in [0.15, 0.2) is 23.1 Å². The van der Waals surface area contributed by atoms with Crippen LogP contribution < -0.4 is 10.0 Å². The van der Waals surface area contributed by atoms with Gasteiger partial charge in [0.25, 0.3) is 0 Å². The summed E-state index contributed by atoms with van der Waals surface area (Å²) in [6, 6.07) is 5.13. The van der Waals surface area contributed by atoms with Crippen molar-refractivity contribution in [1.29, 1.82) is 0 Å². The summed E-state index contributed by atoms with van der Waals surface area (Å²) in [5.41, 5.74) is 0.900. The molecule has 6 heteroatoms. The first-order valence-corrected chi connectivity index (χ1v) is 8.74. The Morgan fingerprint density at radius 3 is 2.70 bits per heavy atom. The molecule has 0 heterocycles. The Bertz CT molecular complexity index is 575. The van der Waals surface area contributed by atoms with Crippen LogP contribution in [0.3, 0.4) is 0 Å². The van der Waals surface area contributed by atoms with Crippen LogP contribution in [0.4, 0.5) is 0 Å². The molecule has 1 aliphatic rings. The highest BCUT2D eigenvalue weighted by Gasteiger charge is 2.27. The van der Waals surface area contributed by atoms with Gasteiger partial charge in [0.1, 0.15) is 4.90 Å². The Labute approximate surface area is 126 Å². The lowest BCUT2D eigenvalue weighted by atomic mass is 10.1. The third-order valence-corrected chi connectivity index (χ3v) is 5.68. The van der Waals surface area contributed by atoms with Crippen LogP contribution in [0.25, 0.3) is 0 Å². The van der Waals surface area contributed by atoms with Crippen LogP contribution in [-0.2, 0) is 16.6 Å². The van der Waals surface area contributed by atoms with Gasteiger partial charge in [0, 0.05) is 12.6 Å². The van der Waals surface area contributed by atoms with Crippen LogP contribution in [0.1, 0.15) is 31.7 Å². The van der Waals surface area contributed by atoms with Crippen molar-refractivity contribution in [3.05, 3.63) is 28.8 Å². The van der Waals surface area contributed by atoms with Crippen molar-refractivity contribution >= 4 is 21.6 Å². The summed E-state index contributed by atoms with van der Waals surface area (Å²) >= 11 is 6.06. The van der Waals surface area contributed by atoms with Gasteiger partial charge in [-0.3, -0.25) is 0 Å². The van der Waals surface area contributed by atoms with Gasteiger partial charge in [0.15, 0.2) is 0 Å². The summed E-state index contributed by atoms with van der Waals surface area (Å²) in [6.45, 7) is 2.76. The van der Waals surface area contributed by atoms with Crippen LogP contribution in [0, 0.1) is 5.92 Å². The number of hydrogen-bond donors (Lipinski definition) is 2. The van der Waals surface area contributed by atoms with Crippen molar-refractivity contribution in [2.75, 3.05) is 7.05 Å². The minimum atomic E-state index is -3.55. The summed E-state index contributed by atoms with van der Waals surface area (Å²) in [5.74, 6) is 0.578. The topological polar surface area (TPSA) is 58.2 Å². The van der Waals surface area contributed by atoms with Crippen molar-refractivity contribution in [3.63, 3.8) is 0 Å². The second kappa shape index (κ2) is 6.43. The quantitative estimate of drug-likeness (QED) is 0.877. The third-order valence-electron chi connectivity index (χ3n) is 3.68. The summed E-state index contributed by atoms with van der Waals surface area (Å²) in [6.07, 6.45) is 2.86. The molecule has 1 aromatic rings. The fourth-order valence-electron chi connectivity index (χ4n) is 2.66. The molecule has 0 bridgehead atoms. The van der Waals surface area contributed by atoms with Gasteiger partial charge in [-0.05, 0) is 49.9 Å². The van der Waals surface area contributed by atoms with E-state index in [0.29, 0.717) is 12.5 Å². The molecule has 1 saturated carbocycles. The van der Waals surface area contributed by atoms with Gasteiger partial charge in [-0.25, -0.2) is 13.1 Å². The van der Waals surface area contributed by atoms with Crippen molar-refractivity contribution < 1.29 is 8.42 Å². The van der Waals surface area contributed by atoms with Crippen LogP contribution >= 0.6 is 11.6 Å². The van der Waals surface area contributed by atoms with E-state index in [1.54, 1.807) is 12.1 Å². The molecule has 0 aliphatic heterocycles. The second-order valence-corrected chi connectivity index (χ2v) is 7.62. The highest BCUT2D eigenvalue weighted by molar-refractivity contribution is 7.89. The summed E-state index contributed by atoms with van der Waals surface area (Å²) in [4.78, 5) is 0.173. The number of hydrogen-bond acceptors (Lipinski definition) is 3. The molecule has 112 valence electrons. The van der Waals surface area contributed by atoms with Crippen LogP contribution in [0.2, 0.25) is 5.02 Å². The van der Waals surface area contributed by atoms with Gasteiger partial charge < -0.3 is 5.32 Å². The van der Waals surface area contributed by atoms with E-state index in [9.17, 15) is 8.42 Å². The molecule has 1 aliphatic carbocycles. The van der Waals surface area contributed by atoms with Gasteiger partial charge in [0.2, 0.25) is 10.0 Å². The van der Waals surface area contributed by atoms with E-state index in [4.69, 9.17) is 11.6 Å². The minimum Gasteiger partial charge on any atom is -0.316 e. The molecule has 0 saturated heterocycles. The molecule has 0 amide bonds. The standard InChI is InChI=1S/C14H21ClN2O2S/c1-10-3-5-12(7-10)17-20(18,19)14-8-11(9-16-2)4-6-13(14)15/h4,6,8,10,12,16-17H,3,5,7,9H2,1-2H3. The number of halogens is 1. The maximum Gasteiger partial charge on any atom is 0.242 e. The van der Waals surface area contributed by atoms with E-state index in [1.807, 2.05) is 13.1 Å². The summed E-state index contributed by atoms with van der Waals surface area (Å²) < 4.78 is 27.7. The van der Waals surface area contributed by atoms with E-state index in [1.165, 1.54) is 0 Å². The lowest BCUT2D eigenvalue weighted by Gasteiger charge is -2.14. The van der Waals surface area contributed by atoms with E-state index >= 15 is 0 Å². The number of nitrogens with one attached hydrogen (secondary N) is 2. The van der Waals surface area contributed by atoms with Crippen molar-refractivity contribution in [2.24, 2.45) is 5.92 Å². The molecule has 20 heavy (non-hydrogen) atoms. The Balaban J connectivity index is 2.22. The molecule has 0 spiro atoms. The molecule has 4 nitrogen and oxygen atoms in total.